The van der Waals surface area contributed by atoms with Crippen molar-refractivity contribution in [1.29, 1.82) is 0 Å². The minimum atomic E-state index is -0.301. The summed E-state index contributed by atoms with van der Waals surface area (Å²) in [5.74, 6) is -0.333. The van der Waals surface area contributed by atoms with Crippen LogP contribution in [0.2, 0.25) is 0 Å². The van der Waals surface area contributed by atoms with Crippen LogP contribution in [0.3, 0.4) is 0 Å². The van der Waals surface area contributed by atoms with Crippen molar-refractivity contribution >= 4 is 11.6 Å². The van der Waals surface area contributed by atoms with Gasteiger partial charge in [-0.1, -0.05) is 36.4 Å². The van der Waals surface area contributed by atoms with E-state index in [0.717, 1.165) is 29.5 Å². The smallest absolute Gasteiger partial charge is 0.231 e. The van der Waals surface area contributed by atoms with E-state index in [1.807, 2.05) is 37.3 Å². The van der Waals surface area contributed by atoms with E-state index in [2.05, 4.69) is 0 Å². The minimum absolute atomic E-state index is 0.0321. The van der Waals surface area contributed by atoms with Gasteiger partial charge in [0, 0.05) is 6.54 Å². The third-order valence-corrected chi connectivity index (χ3v) is 4.07. The quantitative estimate of drug-likeness (QED) is 0.823. The number of amides is 1. The molecule has 0 saturated carbocycles. The molecule has 0 radical (unpaired) electrons. The summed E-state index contributed by atoms with van der Waals surface area (Å²) in [4.78, 5) is 14.2. The number of fused-ring (bicyclic) bond motifs is 1. The van der Waals surface area contributed by atoms with Crippen LogP contribution in [0.15, 0.2) is 42.5 Å². The molecule has 0 fully saturated rings. The molecule has 0 spiro atoms. The number of anilines is 1. The first kappa shape index (κ1) is 13.8. The SMILES string of the molecule is Cc1ccccc1CC(=O)N1CCCc2cccc(F)c21. The highest BCUT2D eigenvalue weighted by molar-refractivity contribution is 5.96. The largest absolute Gasteiger partial charge is 0.309 e. The number of hydrogen-bond donors (Lipinski definition) is 0. The van der Waals surface area contributed by atoms with E-state index in [4.69, 9.17) is 0 Å². The average molecular weight is 283 g/mol. The first-order valence-corrected chi connectivity index (χ1v) is 7.29. The Balaban J connectivity index is 1.89. The number of para-hydroxylation sites is 1. The number of benzene rings is 2. The van der Waals surface area contributed by atoms with Crippen LogP contribution >= 0.6 is 0 Å². The fourth-order valence-corrected chi connectivity index (χ4v) is 2.92. The Bertz CT molecular complexity index is 681. The third kappa shape index (κ3) is 2.68. The summed E-state index contributed by atoms with van der Waals surface area (Å²) >= 11 is 0. The van der Waals surface area contributed by atoms with E-state index in [1.165, 1.54) is 6.07 Å². The maximum atomic E-state index is 14.1. The molecule has 0 saturated heterocycles. The second kappa shape index (κ2) is 5.68. The summed E-state index contributed by atoms with van der Waals surface area (Å²) in [6.45, 7) is 2.59. The first-order valence-electron chi connectivity index (χ1n) is 7.29. The van der Waals surface area contributed by atoms with E-state index in [-0.39, 0.29) is 11.7 Å². The molecular weight excluding hydrogens is 265 g/mol. The van der Waals surface area contributed by atoms with E-state index in [1.54, 1.807) is 11.0 Å². The fourth-order valence-electron chi connectivity index (χ4n) is 2.92. The van der Waals surface area contributed by atoms with E-state index < -0.39 is 0 Å². The molecule has 3 rings (SSSR count). The molecule has 0 bridgehead atoms. The topological polar surface area (TPSA) is 20.3 Å². The zero-order valence-electron chi connectivity index (χ0n) is 12.1. The lowest BCUT2D eigenvalue weighted by atomic mass is 9.99. The van der Waals surface area contributed by atoms with E-state index in [0.29, 0.717) is 18.7 Å². The molecule has 21 heavy (non-hydrogen) atoms. The normalized spacial score (nSPS) is 13.9. The van der Waals surface area contributed by atoms with Crippen molar-refractivity contribution < 1.29 is 9.18 Å². The van der Waals surface area contributed by atoms with Crippen LogP contribution in [0.5, 0.6) is 0 Å². The van der Waals surface area contributed by atoms with Crippen LogP contribution < -0.4 is 4.90 Å². The van der Waals surface area contributed by atoms with Gasteiger partial charge < -0.3 is 4.90 Å². The molecule has 2 nitrogen and oxygen atoms in total. The summed E-state index contributed by atoms with van der Waals surface area (Å²) in [6.07, 6.45) is 2.04. The highest BCUT2D eigenvalue weighted by Crippen LogP contribution is 2.30. The number of nitrogens with zero attached hydrogens (tertiary/aromatic N) is 1. The molecule has 0 atom stereocenters. The Hall–Kier alpha value is -2.16. The molecular formula is C18H18FNO. The van der Waals surface area contributed by atoms with Gasteiger partial charge in [-0.25, -0.2) is 4.39 Å². The maximum absolute atomic E-state index is 14.1. The standard InChI is InChI=1S/C18H18FNO/c1-13-6-2-3-7-15(13)12-17(21)20-11-5-9-14-8-4-10-16(19)18(14)20/h2-4,6-8,10H,5,9,11-12H2,1H3. The zero-order chi connectivity index (χ0) is 14.8. The predicted octanol–water partition coefficient (Wildman–Crippen LogP) is 3.66. The van der Waals surface area contributed by atoms with E-state index >= 15 is 0 Å². The number of aryl methyl sites for hydroxylation is 2. The second-order valence-corrected chi connectivity index (χ2v) is 5.50. The van der Waals surface area contributed by atoms with Crippen molar-refractivity contribution in [3.8, 4) is 0 Å². The van der Waals surface area contributed by atoms with Crippen molar-refractivity contribution in [2.45, 2.75) is 26.2 Å². The van der Waals surface area contributed by atoms with Gasteiger partial charge in [0.25, 0.3) is 0 Å². The zero-order valence-corrected chi connectivity index (χ0v) is 12.1. The summed E-state index contributed by atoms with van der Waals surface area (Å²) in [6, 6.07) is 12.9. The lowest BCUT2D eigenvalue weighted by Crippen LogP contribution is -2.37. The summed E-state index contributed by atoms with van der Waals surface area (Å²) < 4.78 is 14.1. The number of rotatable bonds is 2. The Labute approximate surface area is 124 Å². The van der Waals surface area contributed by atoms with Gasteiger partial charge in [0.2, 0.25) is 5.91 Å². The minimum Gasteiger partial charge on any atom is -0.309 e. The highest BCUT2D eigenvalue weighted by atomic mass is 19.1. The van der Waals surface area contributed by atoms with E-state index in [9.17, 15) is 9.18 Å². The molecule has 1 aliphatic rings. The lowest BCUT2D eigenvalue weighted by Gasteiger charge is -2.30. The van der Waals surface area contributed by atoms with Crippen molar-refractivity contribution in [1.82, 2.24) is 0 Å². The second-order valence-electron chi connectivity index (χ2n) is 5.50. The molecule has 2 aromatic carbocycles. The average Bonchev–Trinajstić information content (AvgIpc) is 2.49. The Kier molecular flexibility index (Phi) is 3.74. The summed E-state index contributed by atoms with van der Waals surface area (Å²) in [5, 5.41) is 0. The fraction of sp³-hybridized carbons (Fsp3) is 0.278. The van der Waals surface area contributed by atoms with Gasteiger partial charge in [-0.2, -0.15) is 0 Å². The third-order valence-electron chi connectivity index (χ3n) is 4.07. The Morgan fingerprint density at radius 3 is 2.81 bits per heavy atom. The predicted molar refractivity (Wildman–Crippen MR) is 82.0 cm³/mol. The van der Waals surface area contributed by atoms with Gasteiger partial charge in [-0.05, 0) is 42.5 Å². The van der Waals surface area contributed by atoms with Gasteiger partial charge in [0.05, 0.1) is 12.1 Å². The molecule has 2 aromatic rings. The summed E-state index contributed by atoms with van der Waals surface area (Å²) in [5.41, 5.74) is 3.50. The Morgan fingerprint density at radius 2 is 2.00 bits per heavy atom. The highest BCUT2D eigenvalue weighted by Gasteiger charge is 2.25. The van der Waals surface area contributed by atoms with Crippen molar-refractivity contribution in [3.05, 3.63) is 65.0 Å². The van der Waals surface area contributed by atoms with Crippen LogP contribution in [0.1, 0.15) is 23.1 Å². The molecule has 3 heteroatoms. The van der Waals surface area contributed by atoms with Crippen LogP contribution in [0.25, 0.3) is 0 Å². The van der Waals surface area contributed by atoms with Crippen LogP contribution in [-0.4, -0.2) is 12.5 Å². The van der Waals surface area contributed by atoms with Crippen molar-refractivity contribution in [2.75, 3.05) is 11.4 Å². The molecule has 1 heterocycles. The maximum Gasteiger partial charge on any atom is 0.231 e. The van der Waals surface area contributed by atoms with Gasteiger partial charge >= 0.3 is 0 Å². The van der Waals surface area contributed by atoms with Crippen LogP contribution in [0.4, 0.5) is 10.1 Å². The number of hydrogen-bond acceptors (Lipinski definition) is 1. The molecule has 0 aromatic heterocycles. The molecule has 1 amide bonds. The van der Waals surface area contributed by atoms with Gasteiger partial charge in [-0.3, -0.25) is 4.79 Å². The van der Waals surface area contributed by atoms with Gasteiger partial charge in [0.1, 0.15) is 5.82 Å². The van der Waals surface area contributed by atoms with Crippen LogP contribution in [-0.2, 0) is 17.6 Å². The first-order chi connectivity index (χ1) is 10.2. The molecule has 0 N–H and O–H groups in total. The Morgan fingerprint density at radius 1 is 1.19 bits per heavy atom. The van der Waals surface area contributed by atoms with Gasteiger partial charge in [-0.15, -0.1) is 0 Å². The van der Waals surface area contributed by atoms with Gasteiger partial charge in [0.15, 0.2) is 0 Å². The van der Waals surface area contributed by atoms with Crippen LogP contribution in [0, 0.1) is 12.7 Å². The number of carbonyl (C=O) groups is 1. The molecule has 108 valence electrons. The lowest BCUT2D eigenvalue weighted by molar-refractivity contribution is -0.118. The van der Waals surface area contributed by atoms with Crippen molar-refractivity contribution in [2.24, 2.45) is 0 Å². The molecule has 0 unspecified atom stereocenters. The number of carbonyl (C=O) groups excluding carboxylic acids is 1. The van der Waals surface area contributed by atoms with Crippen molar-refractivity contribution in [3.63, 3.8) is 0 Å². The summed E-state index contributed by atoms with van der Waals surface area (Å²) in [7, 11) is 0. The molecule has 1 aliphatic heterocycles. The molecule has 0 aliphatic carbocycles. The monoisotopic (exact) mass is 283 g/mol. The number of halogens is 1.